The number of rotatable bonds is 4. The Hall–Kier alpha value is -2.21. The highest BCUT2D eigenvalue weighted by molar-refractivity contribution is 5.38. The fraction of sp³-hybridized carbons (Fsp3) is 0.375. The first kappa shape index (κ1) is 14.7. The van der Waals surface area contributed by atoms with E-state index < -0.39 is 0 Å². The van der Waals surface area contributed by atoms with Crippen LogP contribution in [0.15, 0.2) is 30.5 Å². The molecule has 0 amide bonds. The Kier molecular flexibility index (Phi) is 4.20. The number of nitrogens with zero attached hydrogens (tertiary/aromatic N) is 3. The van der Waals surface area contributed by atoms with Gasteiger partial charge in [0, 0.05) is 44.9 Å². The van der Waals surface area contributed by atoms with Gasteiger partial charge in [-0.2, -0.15) is 0 Å². The van der Waals surface area contributed by atoms with Crippen LogP contribution in [0.25, 0.3) is 0 Å². The highest BCUT2D eigenvalue weighted by Gasteiger charge is 2.21. The van der Waals surface area contributed by atoms with E-state index >= 15 is 0 Å². The van der Waals surface area contributed by atoms with Crippen molar-refractivity contribution in [3.8, 4) is 5.75 Å². The summed E-state index contributed by atoms with van der Waals surface area (Å²) in [6.45, 7) is 1.23. The van der Waals surface area contributed by atoms with E-state index in [4.69, 9.17) is 4.74 Å². The van der Waals surface area contributed by atoms with Crippen molar-refractivity contribution in [3.05, 3.63) is 47.5 Å². The number of nitrogens with one attached hydrogen (secondary N) is 1. The van der Waals surface area contributed by atoms with Gasteiger partial charge >= 0.3 is 0 Å². The van der Waals surface area contributed by atoms with E-state index in [9.17, 15) is 4.39 Å². The highest BCUT2D eigenvalue weighted by Crippen LogP contribution is 2.32. The van der Waals surface area contributed by atoms with Crippen molar-refractivity contribution in [1.82, 2.24) is 15.3 Å². The van der Waals surface area contributed by atoms with Crippen molar-refractivity contribution in [2.24, 2.45) is 0 Å². The Bertz CT molecular complexity index is 662. The van der Waals surface area contributed by atoms with Crippen LogP contribution in [0.4, 0.5) is 10.3 Å². The van der Waals surface area contributed by atoms with Crippen LogP contribution in [0.3, 0.4) is 0 Å². The maximum Gasteiger partial charge on any atom is 0.225 e. The van der Waals surface area contributed by atoms with Gasteiger partial charge in [0.25, 0.3) is 0 Å². The first-order valence-electron chi connectivity index (χ1n) is 7.28. The molecule has 2 aromatic rings. The Morgan fingerprint density at radius 3 is 3.05 bits per heavy atom. The molecular formula is C16H19FN4O. The van der Waals surface area contributed by atoms with Crippen molar-refractivity contribution in [2.75, 3.05) is 25.6 Å². The molecule has 6 heteroatoms. The lowest BCUT2D eigenvalue weighted by Gasteiger charge is -2.26. The summed E-state index contributed by atoms with van der Waals surface area (Å²) in [5.41, 5.74) is 1.77. The molecule has 5 nitrogen and oxygen atoms in total. The van der Waals surface area contributed by atoms with Gasteiger partial charge in [-0.15, -0.1) is 0 Å². The van der Waals surface area contributed by atoms with Crippen molar-refractivity contribution < 1.29 is 9.13 Å². The predicted molar refractivity (Wildman–Crippen MR) is 82.5 cm³/mol. The lowest BCUT2D eigenvalue weighted by Crippen LogP contribution is -2.27. The minimum Gasteiger partial charge on any atom is -0.493 e. The Balaban J connectivity index is 1.73. The first-order valence-corrected chi connectivity index (χ1v) is 7.28. The lowest BCUT2D eigenvalue weighted by atomic mass is 10.0. The molecule has 0 bridgehead atoms. The van der Waals surface area contributed by atoms with Gasteiger partial charge in [0.1, 0.15) is 11.6 Å². The molecule has 0 spiro atoms. The van der Waals surface area contributed by atoms with Gasteiger partial charge in [-0.1, -0.05) is 0 Å². The monoisotopic (exact) mass is 302 g/mol. The Labute approximate surface area is 129 Å². The topological polar surface area (TPSA) is 50.3 Å². The molecule has 1 aliphatic rings. The molecule has 2 heterocycles. The van der Waals surface area contributed by atoms with Gasteiger partial charge in [0.05, 0.1) is 12.3 Å². The van der Waals surface area contributed by atoms with Crippen LogP contribution in [0.2, 0.25) is 0 Å². The number of hydrogen-bond acceptors (Lipinski definition) is 5. The van der Waals surface area contributed by atoms with Crippen LogP contribution in [0.1, 0.15) is 23.7 Å². The number of anilines is 1. The highest BCUT2D eigenvalue weighted by atomic mass is 19.1. The van der Waals surface area contributed by atoms with Crippen molar-refractivity contribution in [1.29, 1.82) is 0 Å². The van der Waals surface area contributed by atoms with Gasteiger partial charge in [-0.05, 0) is 24.3 Å². The number of fused-ring (bicyclic) bond motifs is 1. The Morgan fingerprint density at radius 1 is 1.36 bits per heavy atom. The molecule has 22 heavy (non-hydrogen) atoms. The van der Waals surface area contributed by atoms with Crippen LogP contribution in [-0.4, -0.2) is 30.7 Å². The zero-order valence-corrected chi connectivity index (χ0v) is 12.7. The third kappa shape index (κ3) is 3.17. The van der Waals surface area contributed by atoms with Gasteiger partial charge in [0.2, 0.25) is 5.95 Å². The maximum absolute atomic E-state index is 13.5. The van der Waals surface area contributed by atoms with Gasteiger partial charge in [0.15, 0.2) is 0 Å². The molecule has 0 saturated carbocycles. The second-order valence-corrected chi connectivity index (χ2v) is 5.50. The molecular weight excluding hydrogens is 283 g/mol. The maximum atomic E-state index is 13.5. The molecule has 1 N–H and O–H groups in total. The number of benzene rings is 1. The van der Waals surface area contributed by atoms with E-state index in [1.54, 1.807) is 12.3 Å². The Morgan fingerprint density at radius 2 is 2.23 bits per heavy atom. The summed E-state index contributed by atoms with van der Waals surface area (Å²) in [7, 11) is 3.81. The van der Waals surface area contributed by atoms with Crippen LogP contribution < -0.4 is 15.0 Å². The SMILES string of the molecule is CN(C)c1nccc(CN[C@H]2CCOc3ccc(F)cc32)n1. The minimum atomic E-state index is -0.243. The normalized spacial score (nSPS) is 16.8. The molecule has 0 unspecified atom stereocenters. The van der Waals surface area contributed by atoms with Crippen molar-refractivity contribution in [3.63, 3.8) is 0 Å². The second kappa shape index (κ2) is 6.27. The van der Waals surface area contributed by atoms with Gasteiger partial charge in [-0.25, -0.2) is 14.4 Å². The summed E-state index contributed by atoms with van der Waals surface area (Å²) >= 11 is 0. The molecule has 0 aliphatic carbocycles. The molecule has 1 aliphatic heterocycles. The fourth-order valence-corrected chi connectivity index (χ4v) is 2.50. The molecule has 3 rings (SSSR count). The van der Waals surface area contributed by atoms with Gasteiger partial charge in [-0.3, -0.25) is 0 Å². The second-order valence-electron chi connectivity index (χ2n) is 5.50. The zero-order valence-electron chi connectivity index (χ0n) is 12.7. The molecule has 1 aromatic heterocycles. The average Bonchev–Trinajstić information content (AvgIpc) is 2.53. The average molecular weight is 302 g/mol. The molecule has 0 radical (unpaired) electrons. The first-order chi connectivity index (χ1) is 10.6. The third-order valence-corrected chi connectivity index (χ3v) is 3.64. The van der Waals surface area contributed by atoms with Crippen LogP contribution in [0, 0.1) is 5.82 Å². The standard InChI is InChI=1S/C16H19FN4O/c1-21(2)16-18-7-5-12(20-16)10-19-14-6-8-22-15-4-3-11(17)9-13(14)15/h3-5,7,9,14,19H,6,8,10H2,1-2H3/t14-/m0/s1. The van der Waals surface area contributed by atoms with E-state index in [0.717, 1.165) is 23.4 Å². The number of halogens is 1. The summed E-state index contributed by atoms with van der Waals surface area (Å²) in [5, 5.41) is 3.43. The van der Waals surface area contributed by atoms with Crippen LogP contribution in [-0.2, 0) is 6.54 Å². The van der Waals surface area contributed by atoms with Crippen LogP contribution >= 0.6 is 0 Å². The van der Waals surface area contributed by atoms with Crippen molar-refractivity contribution >= 4 is 5.95 Å². The van der Waals surface area contributed by atoms with Crippen molar-refractivity contribution in [2.45, 2.75) is 19.0 Å². The quantitative estimate of drug-likeness (QED) is 0.939. The van der Waals surface area contributed by atoms with E-state index in [1.165, 1.54) is 12.1 Å². The number of aromatic nitrogens is 2. The van der Waals surface area contributed by atoms with E-state index in [-0.39, 0.29) is 11.9 Å². The summed E-state index contributed by atoms with van der Waals surface area (Å²) < 4.78 is 19.0. The molecule has 0 saturated heterocycles. The van der Waals surface area contributed by atoms with Gasteiger partial charge < -0.3 is 15.0 Å². The molecule has 116 valence electrons. The zero-order chi connectivity index (χ0) is 15.5. The van der Waals surface area contributed by atoms with Crippen LogP contribution in [0.5, 0.6) is 5.75 Å². The summed E-state index contributed by atoms with van der Waals surface area (Å²) in [6.07, 6.45) is 2.55. The lowest BCUT2D eigenvalue weighted by molar-refractivity contribution is 0.251. The fourth-order valence-electron chi connectivity index (χ4n) is 2.50. The number of hydrogen-bond donors (Lipinski definition) is 1. The largest absolute Gasteiger partial charge is 0.493 e. The minimum absolute atomic E-state index is 0.0669. The van der Waals surface area contributed by atoms with E-state index in [0.29, 0.717) is 19.1 Å². The molecule has 1 aromatic carbocycles. The summed E-state index contributed by atoms with van der Waals surface area (Å²) in [5.74, 6) is 1.19. The number of ether oxygens (including phenoxy) is 1. The predicted octanol–water partition coefficient (Wildman–Crippen LogP) is 2.30. The van der Waals surface area contributed by atoms with E-state index in [1.807, 2.05) is 25.1 Å². The summed E-state index contributed by atoms with van der Waals surface area (Å²) in [4.78, 5) is 10.5. The molecule has 0 fully saturated rings. The smallest absolute Gasteiger partial charge is 0.225 e. The molecule has 1 atom stereocenters. The van der Waals surface area contributed by atoms with E-state index in [2.05, 4.69) is 15.3 Å². The summed E-state index contributed by atoms with van der Waals surface area (Å²) in [6, 6.07) is 6.60. The third-order valence-electron chi connectivity index (χ3n) is 3.64.